The average molecular weight is 524 g/mol. The van der Waals surface area contributed by atoms with Crippen molar-refractivity contribution in [2.75, 3.05) is 32.9 Å². The van der Waals surface area contributed by atoms with Gasteiger partial charge in [0.1, 0.15) is 11.5 Å². The second-order valence-electron chi connectivity index (χ2n) is 10.6. The van der Waals surface area contributed by atoms with Crippen molar-refractivity contribution in [1.29, 1.82) is 5.26 Å². The Morgan fingerprint density at radius 3 is 2.21 bits per heavy atom. The van der Waals surface area contributed by atoms with Gasteiger partial charge in [-0.25, -0.2) is 0 Å². The molecule has 3 aromatic rings. The van der Waals surface area contributed by atoms with Gasteiger partial charge in [-0.2, -0.15) is 5.26 Å². The fraction of sp³-hybridized carbons (Fsp3) is 0.375. The van der Waals surface area contributed by atoms with E-state index in [1.54, 1.807) is 0 Å². The summed E-state index contributed by atoms with van der Waals surface area (Å²) in [4.78, 5) is 15.7. The molecule has 2 N–H and O–H groups in total. The molecule has 1 aliphatic carbocycles. The van der Waals surface area contributed by atoms with E-state index in [0.717, 1.165) is 34.6 Å². The average Bonchev–Trinajstić information content (AvgIpc) is 3.71. The molecule has 39 heavy (non-hydrogen) atoms. The van der Waals surface area contributed by atoms with Crippen LogP contribution in [0.4, 0.5) is 0 Å². The molecule has 7 nitrogen and oxygen atoms in total. The van der Waals surface area contributed by atoms with Crippen molar-refractivity contribution in [2.45, 2.75) is 24.4 Å². The van der Waals surface area contributed by atoms with Gasteiger partial charge >= 0.3 is 0 Å². The third-order valence-corrected chi connectivity index (χ3v) is 8.44. The Hall–Kier alpha value is -3.70. The predicted octanol–water partition coefficient (Wildman–Crippen LogP) is 4.25. The van der Waals surface area contributed by atoms with Gasteiger partial charge in [-0.1, -0.05) is 66.7 Å². The smallest absolute Gasteiger partial charge is 0.226 e. The van der Waals surface area contributed by atoms with Crippen molar-refractivity contribution in [2.24, 2.45) is 17.8 Å². The van der Waals surface area contributed by atoms with E-state index < -0.39 is 6.04 Å². The summed E-state index contributed by atoms with van der Waals surface area (Å²) in [6.45, 7) is 2.09. The number of aliphatic hydroxyl groups excluding tert-OH is 1. The number of fused-ring (bicyclic) bond motifs is 2. The number of ether oxygens (including phenoxy) is 2. The van der Waals surface area contributed by atoms with E-state index in [1.165, 1.54) is 0 Å². The van der Waals surface area contributed by atoms with Gasteiger partial charge in [-0.15, -0.1) is 0 Å². The van der Waals surface area contributed by atoms with Crippen molar-refractivity contribution in [3.63, 3.8) is 0 Å². The Kier molecular flexibility index (Phi) is 7.34. The quantitative estimate of drug-likeness (QED) is 0.459. The van der Waals surface area contributed by atoms with Gasteiger partial charge in [-0.05, 0) is 30.0 Å². The van der Waals surface area contributed by atoms with Crippen LogP contribution in [0.5, 0.6) is 11.5 Å². The van der Waals surface area contributed by atoms with Gasteiger partial charge in [0.05, 0.1) is 38.0 Å². The minimum Gasteiger partial charge on any atom is -0.457 e. The highest BCUT2D eigenvalue weighted by Crippen LogP contribution is 2.57. The lowest BCUT2D eigenvalue weighted by atomic mass is 9.83. The van der Waals surface area contributed by atoms with E-state index in [0.29, 0.717) is 26.3 Å². The van der Waals surface area contributed by atoms with E-state index in [4.69, 9.17) is 9.47 Å². The SMILES string of the molecule is N#C[C@@H](N[C@@H](CO)c1ccccc1)[C@@H]1[C@@H](CC2c3ccccc3Oc3ccccc32)[C@H]1C(=O)N1CCOCC1. The first-order valence-electron chi connectivity index (χ1n) is 13.7. The summed E-state index contributed by atoms with van der Waals surface area (Å²) in [6.07, 6.45) is 0.734. The van der Waals surface area contributed by atoms with Crippen LogP contribution < -0.4 is 10.1 Å². The topological polar surface area (TPSA) is 94.8 Å². The van der Waals surface area contributed by atoms with Crippen LogP contribution in [0, 0.1) is 29.1 Å². The van der Waals surface area contributed by atoms with E-state index >= 15 is 0 Å². The molecule has 3 aromatic carbocycles. The Balaban J connectivity index is 1.30. The maximum absolute atomic E-state index is 13.8. The minimum absolute atomic E-state index is 0.0109. The summed E-state index contributed by atoms with van der Waals surface area (Å²) in [6, 6.07) is 27.3. The number of nitriles is 1. The van der Waals surface area contributed by atoms with Crippen LogP contribution in [-0.4, -0.2) is 54.9 Å². The summed E-state index contributed by atoms with van der Waals surface area (Å²) in [5, 5.41) is 23.9. The van der Waals surface area contributed by atoms with Crippen LogP contribution in [0.2, 0.25) is 0 Å². The number of para-hydroxylation sites is 2. The number of hydrogen-bond donors (Lipinski definition) is 2. The standard InChI is InChI=1S/C32H33N3O4/c33-19-26(34-27(20-36)21-8-2-1-3-9-21)30-25(31(30)32(37)35-14-16-38-17-15-35)18-24-22-10-4-6-12-28(22)39-29-13-7-5-11-23(24)29/h1-13,24-27,30-31,34,36H,14-18,20H2/t25-,26-,27+,30+,31-/m1/s1. The lowest BCUT2D eigenvalue weighted by Gasteiger charge is -2.29. The molecule has 1 saturated heterocycles. The lowest BCUT2D eigenvalue weighted by Crippen LogP contribution is -2.43. The molecule has 0 aromatic heterocycles. The summed E-state index contributed by atoms with van der Waals surface area (Å²) >= 11 is 0. The predicted molar refractivity (Wildman–Crippen MR) is 146 cm³/mol. The molecule has 1 amide bonds. The van der Waals surface area contributed by atoms with E-state index in [9.17, 15) is 15.2 Å². The molecular weight excluding hydrogens is 490 g/mol. The second-order valence-corrected chi connectivity index (χ2v) is 10.6. The fourth-order valence-corrected chi connectivity index (χ4v) is 6.43. The Labute approximate surface area is 229 Å². The molecule has 0 bridgehead atoms. The van der Waals surface area contributed by atoms with E-state index in [2.05, 4.69) is 23.5 Å². The molecule has 0 radical (unpaired) electrons. The summed E-state index contributed by atoms with van der Waals surface area (Å²) in [5.74, 6) is 1.43. The summed E-state index contributed by atoms with van der Waals surface area (Å²) in [5.41, 5.74) is 3.14. The van der Waals surface area contributed by atoms with Gasteiger partial charge in [0.25, 0.3) is 0 Å². The zero-order chi connectivity index (χ0) is 26.8. The third kappa shape index (κ3) is 5.04. The number of morpholine rings is 1. The summed E-state index contributed by atoms with van der Waals surface area (Å²) in [7, 11) is 0. The molecule has 0 spiro atoms. The number of amides is 1. The van der Waals surface area contributed by atoms with E-state index in [-0.39, 0.29) is 42.2 Å². The largest absolute Gasteiger partial charge is 0.457 e. The first kappa shape index (κ1) is 25.6. The van der Waals surface area contributed by atoms with Gasteiger partial charge in [0, 0.05) is 42.0 Å². The van der Waals surface area contributed by atoms with Crippen molar-refractivity contribution in [1.82, 2.24) is 10.2 Å². The van der Waals surface area contributed by atoms with Gasteiger partial charge in [-0.3, -0.25) is 10.1 Å². The number of aliphatic hydroxyl groups is 1. The zero-order valence-corrected chi connectivity index (χ0v) is 21.8. The molecule has 2 aliphatic heterocycles. The molecule has 200 valence electrons. The number of nitrogens with zero attached hydrogens (tertiary/aromatic N) is 2. The number of nitrogens with one attached hydrogen (secondary N) is 1. The normalized spacial score (nSPS) is 23.5. The van der Waals surface area contributed by atoms with Crippen LogP contribution in [0.25, 0.3) is 0 Å². The van der Waals surface area contributed by atoms with Crippen LogP contribution in [0.15, 0.2) is 78.9 Å². The number of rotatable bonds is 8. The second kappa shape index (κ2) is 11.2. The lowest BCUT2D eigenvalue weighted by molar-refractivity contribution is -0.137. The molecule has 6 rings (SSSR count). The Morgan fingerprint density at radius 2 is 1.59 bits per heavy atom. The van der Waals surface area contributed by atoms with Crippen LogP contribution in [-0.2, 0) is 9.53 Å². The fourth-order valence-electron chi connectivity index (χ4n) is 6.43. The molecule has 2 fully saturated rings. The van der Waals surface area contributed by atoms with Crippen molar-refractivity contribution in [3.8, 4) is 17.6 Å². The Bertz CT molecular complexity index is 1310. The maximum atomic E-state index is 13.8. The minimum atomic E-state index is -0.576. The number of carbonyl (C=O) groups is 1. The van der Waals surface area contributed by atoms with Crippen molar-refractivity contribution >= 4 is 5.91 Å². The molecule has 0 unspecified atom stereocenters. The molecule has 3 aliphatic rings. The van der Waals surface area contributed by atoms with Crippen LogP contribution >= 0.6 is 0 Å². The highest BCUT2D eigenvalue weighted by molar-refractivity contribution is 5.83. The highest BCUT2D eigenvalue weighted by Gasteiger charge is 2.60. The first-order chi connectivity index (χ1) is 19.2. The number of hydrogen-bond acceptors (Lipinski definition) is 6. The molecule has 2 heterocycles. The van der Waals surface area contributed by atoms with Crippen LogP contribution in [0.3, 0.4) is 0 Å². The molecular formula is C32H33N3O4. The number of benzene rings is 3. The van der Waals surface area contributed by atoms with Crippen molar-refractivity contribution in [3.05, 3.63) is 95.6 Å². The zero-order valence-electron chi connectivity index (χ0n) is 21.8. The number of carbonyl (C=O) groups excluding carboxylic acids is 1. The van der Waals surface area contributed by atoms with Crippen LogP contribution in [0.1, 0.15) is 35.1 Å². The Morgan fingerprint density at radius 1 is 0.974 bits per heavy atom. The van der Waals surface area contributed by atoms with Gasteiger partial charge in [0.2, 0.25) is 5.91 Å². The summed E-state index contributed by atoms with van der Waals surface area (Å²) < 4.78 is 11.7. The molecule has 1 saturated carbocycles. The maximum Gasteiger partial charge on any atom is 0.226 e. The monoisotopic (exact) mass is 523 g/mol. The molecule has 7 heteroatoms. The van der Waals surface area contributed by atoms with Gasteiger partial charge < -0.3 is 19.5 Å². The van der Waals surface area contributed by atoms with Gasteiger partial charge in [0.15, 0.2) is 0 Å². The van der Waals surface area contributed by atoms with Crippen molar-refractivity contribution < 1.29 is 19.4 Å². The third-order valence-electron chi connectivity index (χ3n) is 8.44. The first-order valence-corrected chi connectivity index (χ1v) is 13.7. The highest BCUT2D eigenvalue weighted by atomic mass is 16.5. The van der Waals surface area contributed by atoms with E-state index in [1.807, 2.05) is 71.6 Å². The molecule has 5 atom stereocenters.